The van der Waals surface area contributed by atoms with E-state index in [1.54, 1.807) is 81.4 Å². The van der Waals surface area contributed by atoms with Crippen LogP contribution in [0.3, 0.4) is 0 Å². The predicted molar refractivity (Wildman–Crippen MR) is 158 cm³/mol. The maximum absolute atomic E-state index is 14.1. The average Bonchev–Trinajstić information content (AvgIpc) is 2.93. The lowest BCUT2D eigenvalue weighted by Crippen LogP contribution is -2.52. The number of halogens is 1. The van der Waals surface area contributed by atoms with Crippen LogP contribution in [0.1, 0.15) is 38.3 Å². The molecule has 8 nitrogen and oxygen atoms in total. The lowest BCUT2D eigenvalue weighted by Gasteiger charge is -2.33. The smallest absolute Gasteiger partial charge is 0.264 e. The number of amides is 2. The molecule has 0 spiro atoms. The number of nitrogens with zero attached hydrogens (tertiary/aromatic N) is 2. The van der Waals surface area contributed by atoms with Crippen molar-refractivity contribution < 1.29 is 22.7 Å². The third kappa shape index (κ3) is 7.34. The van der Waals surface area contributed by atoms with Crippen molar-refractivity contribution in [2.75, 3.05) is 24.0 Å². The van der Waals surface area contributed by atoms with Crippen LogP contribution < -0.4 is 14.4 Å². The lowest BCUT2D eigenvalue weighted by molar-refractivity contribution is -0.140. The highest BCUT2D eigenvalue weighted by Gasteiger charge is 2.34. The second-order valence-corrected chi connectivity index (χ2v) is 11.4. The highest BCUT2D eigenvalue weighted by molar-refractivity contribution is 7.92. The molecule has 0 fully saturated rings. The number of nitrogens with one attached hydrogen (secondary N) is 1. The molecule has 3 rings (SSSR count). The van der Waals surface area contributed by atoms with E-state index in [0.717, 1.165) is 9.87 Å². The number of hydrogen-bond donors (Lipinski definition) is 1. The summed E-state index contributed by atoms with van der Waals surface area (Å²) in [5.74, 6) is -0.560. The van der Waals surface area contributed by atoms with Gasteiger partial charge in [-0.3, -0.25) is 13.9 Å². The highest BCUT2D eigenvalue weighted by atomic mass is 35.5. The predicted octanol–water partition coefficient (Wildman–Crippen LogP) is 5.19. The lowest BCUT2D eigenvalue weighted by atomic mass is 10.1. The van der Waals surface area contributed by atoms with Gasteiger partial charge in [0, 0.05) is 18.1 Å². The summed E-state index contributed by atoms with van der Waals surface area (Å²) in [6.45, 7) is 7.42. The molecular formula is C30H36ClN3O5S. The van der Waals surface area contributed by atoms with Gasteiger partial charge < -0.3 is 15.0 Å². The fourth-order valence-electron chi connectivity index (χ4n) is 4.31. The van der Waals surface area contributed by atoms with E-state index in [1.807, 2.05) is 6.92 Å². The molecule has 0 aliphatic heterocycles. The highest BCUT2D eigenvalue weighted by Crippen LogP contribution is 2.33. The van der Waals surface area contributed by atoms with Gasteiger partial charge in [0.1, 0.15) is 18.3 Å². The molecule has 0 saturated carbocycles. The number of likely N-dealkylation sites (N-methyl/N-ethyl adjacent to an activating group) is 1. The van der Waals surface area contributed by atoms with Gasteiger partial charge in [-0.05, 0) is 63.1 Å². The van der Waals surface area contributed by atoms with Crippen molar-refractivity contribution in [3.63, 3.8) is 0 Å². The van der Waals surface area contributed by atoms with Gasteiger partial charge in [0.15, 0.2) is 0 Å². The number of aryl methyl sites for hydroxylation is 1. The number of benzene rings is 3. The number of ether oxygens (including phenoxy) is 1. The summed E-state index contributed by atoms with van der Waals surface area (Å²) in [5.41, 5.74) is 1.76. The molecule has 0 unspecified atom stereocenters. The number of sulfonamides is 1. The Bertz CT molecular complexity index is 1410. The Morgan fingerprint density at radius 2 is 1.60 bits per heavy atom. The van der Waals surface area contributed by atoms with Crippen molar-refractivity contribution in [3.05, 3.63) is 88.9 Å². The fourth-order valence-corrected chi connectivity index (χ4v) is 5.93. The van der Waals surface area contributed by atoms with Crippen LogP contribution in [-0.2, 0) is 26.2 Å². The first-order valence-electron chi connectivity index (χ1n) is 13.3. The first-order chi connectivity index (χ1) is 19.1. The normalized spacial score (nSPS) is 11.9. The summed E-state index contributed by atoms with van der Waals surface area (Å²) in [4.78, 5) is 28.6. The summed E-state index contributed by atoms with van der Waals surface area (Å²) >= 11 is 6.42. The first kappa shape index (κ1) is 31.0. The SMILES string of the molecule is CCNC(=O)[C@@H](CC)N(Cc1ccccc1Cl)C(=O)CN(c1ccccc1OCC)S(=O)(=O)c1ccc(C)cc1. The fraction of sp³-hybridized carbons (Fsp3) is 0.333. The summed E-state index contributed by atoms with van der Waals surface area (Å²) in [7, 11) is -4.20. The van der Waals surface area contributed by atoms with Crippen LogP contribution in [0.2, 0.25) is 5.02 Å². The molecule has 0 radical (unpaired) electrons. The molecule has 3 aromatic carbocycles. The van der Waals surface area contributed by atoms with Crippen molar-refractivity contribution in [2.45, 2.75) is 51.6 Å². The van der Waals surface area contributed by atoms with Gasteiger partial charge >= 0.3 is 0 Å². The van der Waals surface area contributed by atoms with Gasteiger partial charge in [0.2, 0.25) is 11.8 Å². The Labute approximate surface area is 241 Å². The standard InChI is InChI=1S/C30H36ClN3O5S/c1-5-26(30(36)32-6-2)33(20-23-12-8-9-13-25(23)31)29(35)21-34(27-14-10-11-15-28(27)39-7-3)40(37,38)24-18-16-22(4)17-19-24/h8-19,26H,5-7,20-21H2,1-4H3,(H,32,36)/t26-/m1/s1. The van der Waals surface area contributed by atoms with Gasteiger partial charge in [0.05, 0.1) is 17.2 Å². The Morgan fingerprint density at radius 3 is 2.23 bits per heavy atom. The molecule has 1 atom stereocenters. The summed E-state index contributed by atoms with van der Waals surface area (Å²) in [6, 6.07) is 19.3. The monoisotopic (exact) mass is 585 g/mol. The van der Waals surface area contributed by atoms with Gasteiger partial charge in [-0.1, -0.05) is 66.6 Å². The van der Waals surface area contributed by atoms with Crippen LogP contribution in [0.15, 0.2) is 77.7 Å². The second kappa shape index (κ2) is 14.2. The van der Waals surface area contributed by atoms with E-state index in [1.165, 1.54) is 17.0 Å². The van der Waals surface area contributed by atoms with Crippen molar-refractivity contribution >= 4 is 39.1 Å². The summed E-state index contributed by atoms with van der Waals surface area (Å²) < 4.78 is 34.9. The van der Waals surface area contributed by atoms with Crippen LogP contribution in [0.4, 0.5) is 5.69 Å². The minimum Gasteiger partial charge on any atom is -0.492 e. The van der Waals surface area contributed by atoms with E-state index in [0.29, 0.717) is 35.9 Å². The number of para-hydroxylation sites is 2. The van der Waals surface area contributed by atoms with Crippen molar-refractivity contribution in [3.8, 4) is 5.75 Å². The van der Waals surface area contributed by atoms with Crippen LogP contribution in [0, 0.1) is 6.92 Å². The molecule has 0 saturated heterocycles. The number of rotatable bonds is 13. The molecule has 10 heteroatoms. The topological polar surface area (TPSA) is 96.0 Å². The molecule has 0 heterocycles. The zero-order chi connectivity index (χ0) is 29.3. The van der Waals surface area contributed by atoms with E-state index < -0.39 is 28.5 Å². The zero-order valence-corrected chi connectivity index (χ0v) is 24.8. The number of carbonyl (C=O) groups excluding carboxylic acids is 2. The Balaban J connectivity index is 2.12. The molecule has 2 amide bonds. The number of carbonyl (C=O) groups is 2. The molecule has 0 aliphatic carbocycles. The van der Waals surface area contributed by atoms with Gasteiger partial charge in [0.25, 0.3) is 10.0 Å². The molecule has 40 heavy (non-hydrogen) atoms. The Kier molecular flexibility index (Phi) is 11.0. The van der Waals surface area contributed by atoms with E-state index in [2.05, 4.69) is 5.32 Å². The quantitative estimate of drug-likeness (QED) is 0.298. The minimum absolute atomic E-state index is 0.0275. The van der Waals surface area contributed by atoms with E-state index in [-0.39, 0.29) is 23.0 Å². The maximum atomic E-state index is 14.1. The molecule has 1 N–H and O–H groups in total. The second-order valence-electron chi connectivity index (χ2n) is 9.16. The molecule has 3 aromatic rings. The average molecular weight is 586 g/mol. The van der Waals surface area contributed by atoms with Gasteiger partial charge in [-0.15, -0.1) is 0 Å². The van der Waals surface area contributed by atoms with E-state index in [4.69, 9.17) is 16.3 Å². The summed E-state index contributed by atoms with van der Waals surface area (Å²) in [6.07, 6.45) is 0.322. The van der Waals surface area contributed by atoms with Crippen LogP contribution in [0.5, 0.6) is 5.75 Å². The number of hydrogen-bond acceptors (Lipinski definition) is 5. The third-order valence-electron chi connectivity index (χ3n) is 6.36. The van der Waals surface area contributed by atoms with Crippen LogP contribution >= 0.6 is 11.6 Å². The third-order valence-corrected chi connectivity index (χ3v) is 8.50. The molecule has 0 aromatic heterocycles. The summed E-state index contributed by atoms with van der Waals surface area (Å²) in [5, 5.41) is 3.23. The molecule has 214 valence electrons. The Hall–Kier alpha value is -3.56. The van der Waals surface area contributed by atoms with Crippen LogP contribution in [-0.4, -0.2) is 50.9 Å². The molecule has 0 bridgehead atoms. The van der Waals surface area contributed by atoms with Crippen molar-refractivity contribution in [1.29, 1.82) is 0 Å². The van der Waals surface area contributed by atoms with E-state index in [9.17, 15) is 18.0 Å². The van der Waals surface area contributed by atoms with Gasteiger partial charge in [-0.2, -0.15) is 0 Å². The first-order valence-corrected chi connectivity index (χ1v) is 15.1. The Morgan fingerprint density at radius 1 is 0.950 bits per heavy atom. The van der Waals surface area contributed by atoms with Crippen LogP contribution in [0.25, 0.3) is 0 Å². The zero-order valence-electron chi connectivity index (χ0n) is 23.3. The molecular weight excluding hydrogens is 550 g/mol. The van der Waals surface area contributed by atoms with Crippen molar-refractivity contribution in [2.24, 2.45) is 0 Å². The van der Waals surface area contributed by atoms with E-state index >= 15 is 0 Å². The minimum atomic E-state index is -4.20. The maximum Gasteiger partial charge on any atom is 0.264 e. The number of anilines is 1. The van der Waals surface area contributed by atoms with Crippen molar-refractivity contribution in [1.82, 2.24) is 10.2 Å². The molecule has 0 aliphatic rings. The van der Waals surface area contributed by atoms with Gasteiger partial charge in [-0.25, -0.2) is 8.42 Å². The largest absolute Gasteiger partial charge is 0.492 e.